The summed E-state index contributed by atoms with van der Waals surface area (Å²) >= 11 is 9.48. The normalized spacial score (nSPS) is 11.2. The van der Waals surface area contributed by atoms with E-state index in [9.17, 15) is 0 Å². The van der Waals surface area contributed by atoms with Gasteiger partial charge in [-0.05, 0) is 48.5 Å². The summed E-state index contributed by atoms with van der Waals surface area (Å²) in [6, 6.07) is 25.6. The van der Waals surface area contributed by atoms with E-state index in [1.807, 2.05) is 96.0 Å². The highest BCUT2D eigenvalue weighted by atomic mass is 79.9. The summed E-state index contributed by atoms with van der Waals surface area (Å²) < 4.78 is 2.90. The lowest BCUT2D eigenvalue weighted by molar-refractivity contribution is 0.884. The van der Waals surface area contributed by atoms with E-state index in [-0.39, 0.29) is 0 Å². The molecule has 0 aliphatic heterocycles. The SMILES string of the molecule is Clc1ccc(-c2nn(-c3ccccc3)cc2C=Nc2ccc(Br)cc2)cc1. The van der Waals surface area contributed by atoms with Gasteiger partial charge in [0.15, 0.2) is 0 Å². The highest BCUT2D eigenvalue weighted by Gasteiger charge is 2.11. The molecule has 3 nitrogen and oxygen atoms in total. The fourth-order valence-corrected chi connectivity index (χ4v) is 3.09. The van der Waals surface area contributed by atoms with Gasteiger partial charge >= 0.3 is 0 Å². The third-order valence-corrected chi connectivity index (χ3v) is 4.84. The van der Waals surface area contributed by atoms with E-state index in [1.54, 1.807) is 0 Å². The molecule has 1 aromatic heterocycles. The maximum atomic E-state index is 6.04. The number of nitrogens with zero attached hydrogens (tertiary/aromatic N) is 3. The molecule has 5 heteroatoms. The molecule has 4 rings (SSSR count). The predicted octanol–water partition coefficient (Wildman–Crippen LogP) is 6.71. The number of hydrogen-bond acceptors (Lipinski definition) is 2. The molecule has 27 heavy (non-hydrogen) atoms. The first-order valence-corrected chi connectivity index (χ1v) is 9.57. The van der Waals surface area contributed by atoms with Crippen molar-refractivity contribution in [2.24, 2.45) is 4.99 Å². The Labute approximate surface area is 171 Å². The topological polar surface area (TPSA) is 30.2 Å². The second-order valence-corrected chi connectivity index (χ2v) is 7.31. The molecule has 132 valence electrons. The number of aliphatic imine (C=N–C) groups is 1. The van der Waals surface area contributed by atoms with Crippen LogP contribution in [0.2, 0.25) is 5.02 Å². The Bertz CT molecular complexity index is 1070. The highest BCUT2D eigenvalue weighted by Crippen LogP contribution is 2.25. The summed E-state index contributed by atoms with van der Waals surface area (Å²) in [6.07, 6.45) is 3.83. The molecule has 3 aromatic carbocycles. The lowest BCUT2D eigenvalue weighted by Gasteiger charge is -2.00. The summed E-state index contributed by atoms with van der Waals surface area (Å²) in [5.41, 5.74) is 4.66. The lowest BCUT2D eigenvalue weighted by atomic mass is 10.1. The molecular weight excluding hydrogens is 422 g/mol. The van der Waals surface area contributed by atoms with Crippen molar-refractivity contribution in [1.29, 1.82) is 0 Å². The number of hydrogen-bond donors (Lipinski definition) is 0. The molecule has 0 aliphatic rings. The van der Waals surface area contributed by atoms with Gasteiger partial charge in [-0.25, -0.2) is 4.68 Å². The van der Waals surface area contributed by atoms with Crippen LogP contribution < -0.4 is 0 Å². The van der Waals surface area contributed by atoms with Crippen LogP contribution in [0.15, 0.2) is 94.5 Å². The molecule has 0 saturated carbocycles. The first kappa shape index (κ1) is 17.7. The van der Waals surface area contributed by atoms with Gasteiger partial charge in [0, 0.05) is 33.0 Å². The second-order valence-electron chi connectivity index (χ2n) is 5.95. The molecule has 0 aliphatic carbocycles. The third-order valence-electron chi connectivity index (χ3n) is 4.06. The van der Waals surface area contributed by atoms with Crippen LogP contribution in [-0.4, -0.2) is 16.0 Å². The molecule has 0 bridgehead atoms. The van der Waals surface area contributed by atoms with Crippen molar-refractivity contribution in [2.75, 3.05) is 0 Å². The van der Waals surface area contributed by atoms with Crippen molar-refractivity contribution >= 4 is 39.4 Å². The fourth-order valence-electron chi connectivity index (χ4n) is 2.70. The van der Waals surface area contributed by atoms with Gasteiger partial charge in [-0.1, -0.05) is 57.9 Å². The van der Waals surface area contributed by atoms with Gasteiger partial charge in [0.05, 0.1) is 11.4 Å². The molecule has 0 radical (unpaired) electrons. The Morgan fingerprint density at radius 3 is 2.30 bits per heavy atom. The van der Waals surface area contributed by atoms with Crippen LogP contribution in [0.4, 0.5) is 5.69 Å². The molecular formula is C22H15BrClN3. The van der Waals surface area contributed by atoms with Crippen molar-refractivity contribution in [3.8, 4) is 16.9 Å². The monoisotopic (exact) mass is 435 g/mol. The zero-order valence-electron chi connectivity index (χ0n) is 14.3. The van der Waals surface area contributed by atoms with Crippen LogP contribution in [0.5, 0.6) is 0 Å². The minimum Gasteiger partial charge on any atom is -0.256 e. The Balaban J connectivity index is 1.77. The third kappa shape index (κ3) is 4.18. The van der Waals surface area contributed by atoms with Crippen molar-refractivity contribution in [1.82, 2.24) is 9.78 Å². The van der Waals surface area contributed by atoms with Gasteiger partial charge in [0.25, 0.3) is 0 Å². The van der Waals surface area contributed by atoms with E-state index < -0.39 is 0 Å². The van der Waals surface area contributed by atoms with Crippen molar-refractivity contribution in [3.63, 3.8) is 0 Å². The molecule has 0 amide bonds. The molecule has 0 atom stereocenters. The van der Waals surface area contributed by atoms with E-state index in [0.717, 1.165) is 32.7 Å². The summed E-state index contributed by atoms with van der Waals surface area (Å²) in [7, 11) is 0. The van der Waals surface area contributed by atoms with Crippen LogP contribution in [0.3, 0.4) is 0 Å². The summed E-state index contributed by atoms with van der Waals surface area (Å²) in [5, 5.41) is 5.48. The molecule has 0 unspecified atom stereocenters. The van der Waals surface area contributed by atoms with Crippen molar-refractivity contribution in [2.45, 2.75) is 0 Å². The van der Waals surface area contributed by atoms with Crippen LogP contribution in [0.25, 0.3) is 16.9 Å². The van der Waals surface area contributed by atoms with E-state index >= 15 is 0 Å². The predicted molar refractivity (Wildman–Crippen MR) is 115 cm³/mol. The summed E-state index contributed by atoms with van der Waals surface area (Å²) in [5.74, 6) is 0. The molecule has 0 spiro atoms. The van der Waals surface area contributed by atoms with Gasteiger partial charge < -0.3 is 0 Å². The van der Waals surface area contributed by atoms with Crippen LogP contribution in [0, 0.1) is 0 Å². The second kappa shape index (κ2) is 7.91. The quantitative estimate of drug-likeness (QED) is 0.327. The van der Waals surface area contributed by atoms with Gasteiger partial charge in [-0.2, -0.15) is 5.10 Å². The minimum absolute atomic E-state index is 0.700. The molecule has 0 fully saturated rings. The molecule has 0 N–H and O–H groups in total. The lowest BCUT2D eigenvalue weighted by Crippen LogP contribution is -1.93. The average Bonchev–Trinajstić information content (AvgIpc) is 3.13. The maximum absolute atomic E-state index is 6.04. The smallest absolute Gasteiger partial charge is 0.101 e. The van der Waals surface area contributed by atoms with Crippen molar-refractivity contribution in [3.05, 3.63) is 100 Å². The number of aromatic nitrogens is 2. The first-order chi connectivity index (χ1) is 13.2. The van der Waals surface area contributed by atoms with Crippen LogP contribution in [-0.2, 0) is 0 Å². The van der Waals surface area contributed by atoms with Gasteiger partial charge in [-0.15, -0.1) is 0 Å². The van der Waals surface area contributed by atoms with E-state index in [1.165, 1.54) is 0 Å². The number of rotatable bonds is 4. The van der Waals surface area contributed by atoms with Crippen LogP contribution >= 0.6 is 27.5 Å². The fraction of sp³-hybridized carbons (Fsp3) is 0. The van der Waals surface area contributed by atoms with Crippen molar-refractivity contribution < 1.29 is 0 Å². The standard InChI is InChI=1S/C22H15BrClN3/c23-18-8-12-20(13-9-18)25-14-17-15-27(21-4-2-1-3-5-21)26-22(17)16-6-10-19(24)11-7-16/h1-15H. The summed E-state index contributed by atoms with van der Waals surface area (Å²) in [4.78, 5) is 4.60. The maximum Gasteiger partial charge on any atom is 0.101 e. The zero-order valence-corrected chi connectivity index (χ0v) is 16.6. The molecule has 1 heterocycles. The number of halogens is 2. The summed E-state index contributed by atoms with van der Waals surface area (Å²) in [6.45, 7) is 0. The Morgan fingerprint density at radius 2 is 1.59 bits per heavy atom. The zero-order chi connectivity index (χ0) is 18.6. The van der Waals surface area contributed by atoms with Crippen LogP contribution in [0.1, 0.15) is 5.56 Å². The number of para-hydroxylation sites is 1. The number of benzene rings is 3. The van der Waals surface area contributed by atoms with E-state index in [2.05, 4.69) is 20.9 Å². The van der Waals surface area contributed by atoms with Gasteiger partial charge in [0.1, 0.15) is 5.69 Å². The Morgan fingerprint density at radius 1 is 0.889 bits per heavy atom. The largest absolute Gasteiger partial charge is 0.256 e. The Kier molecular flexibility index (Phi) is 5.19. The average molecular weight is 437 g/mol. The highest BCUT2D eigenvalue weighted by molar-refractivity contribution is 9.10. The minimum atomic E-state index is 0.700. The molecule has 0 saturated heterocycles. The van der Waals surface area contributed by atoms with Gasteiger partial charge in [0.2, 0.25) is 0 Å². The Hall–Kier alpha value is -2.69. The van der Waals surface area contributed by atoms with E-state index in [0.29, 0.717) is 5.02 Å². The first-order valence-electron chi connectivity index (χ1n) is 8.40. The van der Waals surface area contributed by atoms with E-state index in [4.69, 9.17) is 16.7 Å². The molecule has 4 aromatic rings. The van der Waals surface area contributed by atoms with Gasteiger partial charge in [-0.3, -0.25) is 4.99 Å².